The number of pyridine rings is 1. The van der Waals surface area contributed by atoms with Crippen LogP contribution in [-0.2, 0) is 10.0 Å². The van der Waals surface area contributed by atoms with Crippen LogP contribution in [0.4, 0.5) is 0 Å². The molecule has 6 heteroatoms. The lowest BCUT2D eigenvalue weighted by Crippen LogP contribution is -2.40. The molecule has 0 radical (unpaired) electrons. The summed E-state index contributed by atoms with van der Waals surface area (Å²) in [4.78, 5) is 15.1. The van der Waals surface area contributed by atoms with E-state index >= 15 is 0 Å². The summed E-state index contributed by atoms with van der Waals surface area (Å²) < 4.78 is 28.0. The average molecular weight is 334 g/mol. The molecule has 0 spiro atoms. The van der Waals surface area contributed by atoms with Crippen LogP contribution < -0.4 is 10.3 Å². The third-order valence-corrected chi connectivity index (χ3v) is 5.22. The number of aromatic amines is 1. The van der Waals surface area contributed by atoms with Crippen molar-refractivity contribution in [1.29, 1.82) is 0 Å². The largest absolute Gasteiger partial charge is 0.326 e. The zero-order valence-electron chi connectivity index (χ0n) is 14.0. The molecule has 0 aliphatic carbocycles. The van der Waals surface area contributed by atoms with Crippen molar-refractivity contribution in [3.8, 4) is 11.1 Å². The van der Waals surface area contributed by atoms with E-state index in [2.05, 4.69) is 9.71 Å². The van der Waals surface area contributed by atoms with Gasteiger partial charge in [0.25, 0.3) is 5.56 Å². The van der Waals surface area contributed by atoms with Gasteiger partial charge in [0, 0.05) is 22.4 Å². The van der Waals surface area contributed by atoms with E-state index in [1.165, 1.54) is 6.07 Å². The zero-order valence-corrected chi connectivity index (χ0v) is 14.8. The van der Waals surface area contributed by atoms with Gasteiger partial charge < -0.3 is 4.98 Å². The molecule has 23 heavy (non-hydrogen) atoms. The minimum absolute atomic E-state index is 0.101. The summed E-state index contributed by atoms with van der Waals surface area (Å²) in [5.41, 5.74) is 1.51. The lowest BCUT2D eigenvalue weighted by Gasteiger charge is -2.21. The molecule has 5 nitrogen and oxygen atoms in total. The Morgan fingerprint density at radius 2 is 1.65 bits per heavy atom. The lowest BCUT2D eigenvalue weighted by atomic mass is 10.0. The Morgan fingerprint density at radius 3 is 2.26 bits per heavy atom. The molecule has 0 atom stereocenters. The molecule has 0 fully saturated rings. The van der Waals surface area contributed by atoms with Crippen molar-refractivity contribution >= 4 is 10.0 Å². The van der Waals surface area contributed by atoms with Gasteiger partial charge in [0.05, 0.1) is 4.90 Å². The van der Waals surface area contributed by atoms with Crippen LogP contribution in [0.2, 0.25) is 0 Å². The molecule has 0 bridgehead atoms. The van der Waals surface area contributed by atoms with E-state index in [9.17, 15) is 13.2 Å². The summed E-state index contributed by atoms with van der Waals surface area (Å²) in [7, 11) is -3.74. The first-order valence-corrected chi connectivity index (χ1v) is 8.83. The van der Waals surface area contributed by atoms with Crippen molar-refractivity contribution in [2.75, 3.05) is 0 Å². The second-order valence-corrected chi connectivity index (χ2v) is 8.32. The summed E-state index contributed by atoms with van der Waals surface area (Å²) in [6.07, 6.45) is 0. The van der Waals surface area contributed by atoms with Gasteiger partial charge in [0.15, 0.2) is 0 Å². The maximum absolute atomic E-state index is 12.7. The van der Waals surface area contributed by atoms with Crippen molar-refractivity contribution in [1.82, 2.24) is 9.71 Å². The number of H-pyrrole nitrogens is 1. The van der Waals surface area contributed by atoms with Crippen LogP contribution in [0, 0.1) is 13.8 Å². The zero-order chi connectivity index (χ0) is 17.4. The minimum atomic E-state index is -3.74. The van der Waals surface area contributed by atoms with Crippen molar-refractivity contribution in [3.05, 3.63) is 51.9 Å². The van der Waals surface area contributed by atoms with Gasteiger partial charge in [-0.05, 0) is 52.3 Å². The van der Waals surface area contributed by atoms with E-state index < -0.39 is 15.6 Å². The summed E-state index contributed by atoms with van der Waals surface area (Å²) in [6, 6.07) is 8.25. The molecule has 0 saturated heterocycles. The van der Waals surface area contributed by atoms with Gasteiger partial charge in [0.2, 0.25) is 10.0 Å². The second kappa shape index (κ2) is 5.94. The van der Waals surface area contributed by atoms with Crippen molar-refractivity contribution in [3.63, 3.8) is 0 Å². The fourth-order valence-electron chi connectivity index (χ4n) is 2.31. The topological polar surface area (TPSA) is 79.0 Å². The van der Waals surface area contributed by atoms with Gasteiger partial charge in [-0.25, -0.2) is 13.1 Å². The van der Waals surface area contributed by atoms with Crippen LogP contribution in [0.1, 0.15) is 32.0 Å². The standard InChI is InChI=1S/C17H22N2O3S/c1-11-10-14(16(20)18-12(11)2)13-8-6-7-9-15(13)23(21,22)19-17(3,4)5/h6-10,19H,1-5H3,(H,18,20). The first-order chi connectivity index (χ1) is 10.5. The molecule has 0 unspecified atom stereocenters. The van der Waals surface area contributed by atoms with Crippen LogP contribution in [0.3, 0.4) is 0 Å². The molecule has 0 aliphatic heterocycles. The smallest absolute Gasteiger partial charge is 0.256 e. The van der Waals surface area contributed by atoms with Crippen LogP contribution in [0.25, 0.3) is 11.1 Å². The van der Waals surface area contributed by atoms with Crippen molar-refractivity contribution in [2.45, 2.75) is 45.1 Å². The van der Waals surface area contributed by atoms with Crippen LogP contribution in [0.15, 0.2) is 40.0 Å². The molecule has 2 rings (SSSR count). The van der Waals surface area contributed by atoms with E-state index in [4.69, 9.17) is 0 Å². The number of sulfonamides is 1. The van der Waals surface area contributed by atoms with Gasteiger partial charge >= 0.3 is 0 Å². The molecule has 0 amide bonds. The number of benzene rings is 1. The Hall–Kier alpha value is -1.92. The molecule has 1 heterocycles. The van der Waals surface area contributed by atoms with Gasteiger partial charge in [-0.2, -0.15) is 0 Å². The first kappa shape index (κ1) is 17.4. The Kier molecular flexibility index (Phi) is 4.50. The lowest BCUT2D eigenvalue weighted by molar-refractivity contribution is 0.491. The number of aromatic nitrogens is 1. The number of nitrogens with one attached hydrogen (secondary N) is 2. The van der Waals surface area contributed by atoms with E-state index in [0.29, 0.717) is 11.1 Å². The van der Waals surface area contributed by atoms with E-state index in [1.807, 2.05) is 13.8 Å². The van der Waals surface area contributed by atoms with Gasteiger partial charge in [-0.15, -0.1) is 0 Å². The number of hydrogen-bond donors (Lipinski definition) is 2. The maximum atomic E-state index is 12.7. The number of hydrogen-bond acceptors (Lipinski definition) is 3. The van der Waals surface area contributed by atoms with Crippen LogP contribution in [0.5, 0.6) is 0 Å². The van der Waals surface area contributed by atoms with E-state index in [1.54, 1.807) is 45.0 Å². The fourth-order valence-corrected chi connectivity index (χ4v) is 3.95. The molecule has 2 aromatic rings. The first-order valence-electron chi connectivity index (χ1n) is 7.35. The minimum Gasteiger partial charge on any atom is -0.326 e. The quantitative estimate of drug-likeness (QED) is 0.906. The predicted molar refractivity (Wildman–Crippen MR) is 92.0 cm³/mol. The highest BCUT2D eigenvalue weighted by Gasteiger charge is 2.25. The predicted octanol–water partition coefficient (Wildman–Crippen LogP) is 2.74. The van der Waals surface area contributed by atoms with Crippen molar-refractivity contribution in [2.24, 2.45) is 0 Å². The molecular weight excluding hydrogens is 312 g/mol. The van der Waals surface area contributed by atoms with Gasteiger partial charge in [-0.3, -0.25) is 4.79 Å². The summed E-state index contributed by atoms with van der Waals surface area (Å²) in [5, 5.41) is 0. The molecular formula is C17H22N2O3S. The number of rotatable bonds is 3. The summed E-state index contributed by atoms with van der Waals surface area (Å²) in [6.45, 7) is 9.01. The third-order valence-electron chi connectivity index (χ3n) is 3.41. The summed E-state index contributed by atoms with van der Waals surface area (Å²) in [5.74, 6) is 0. The monoisotopic (exact) mass is 334 g/mol. The molecule has 1 aromatic heterocycles. The third kappa shape index (κ3) is 3.89. The SMILES string of the molecule is Cc1cc(-c2ccccc2S(=O)(=O)NC(C)(C)C)c(=O)[nH]c1C. The summed E-state index contributed by atoms with van der Waals surface area (Å²) >= 11 is 0. The van der Waals surface area contributed by atoms with E-state index in [0.717, 1.165) is 11.3 Å². The Labute approximate surface area is 136 Å². The molecule has 124 valence electrons. The van der Waals surface area contributed by atoms with Crippen molar-refractivity contribution < 1.29 is 8.42 Å². The Morgan fingerprint density at radius 1 is 1.04 bits per heavy atom. The molecule has 0 saturated carbocycles. The van der Waals surface area contributed by atoms with Gasteiger partial charge in [0.1, 0.15) is 0 Å². The van der Waals surface area contributed by atoms with Crippen LogP contribution in [-0.4, -0.2) is 18.9 Å². The van der Waals surface area contributed by atoms with Gasteiger partial charge in [-0.1, -0.05) is 18.2 Å². The second-order valence-electron chi connectivity index (χ2n) is 6.67. The number of aryl methyl sites for hydroxylation is 2. The van der Waals surface area contributed by atoms with E-state index in [-0.39, 0.29) is 10.5 Å². The molecule has 2 N–H and O–H groups in total. The highest BCUT2D eigenvalue weighted by molar-refractivity contribution is 7.89. The fraction of sp³-hybridized carbons (Fsp3) is 0.353. The normalized spacial score (nSPS) is 12.4. The molecule has 1 aromatic carbocycles. The Balaban J connectivity index is 2.69. The van der Waals surface area contributed by atoms with Crippen LogP contribution >= 0.6 is 0 Å². The molecule has 0 aliphatic rings. The Bertz CT molecular complexity index is 891. The maximum Gasteiger partial charge on any atom is 0.256 e. The highest BCUT2D eigenvalue weighted by atomic mass is 32.2. The highest BCUT2D eigenvalue weighted by Crippen LogP contribution is 2.26. The average Bonchev–Trinajstić information content (AvgIpc) is 2.40.